The van der Waals surface area contributed by atoms with Gasteiger partial charge in [-0.15, -0.1) is 10.2 Å². The fraction of sp³-hybridized carbons (Fsp3) is 0.192. The van der Waals surface area contributed by atoms with E-state index in [0.717, 1.165) is 11.8 Å². The second-order valence-electron chi connectivity index (χ2n) is 8.83. The Morgan fingerprint density at radius 3 is 2.83 bits per heavy atom. The lowest BCUT2D eigenvalue weighted by Crippen LogP contribution is -2.38. The maximum Gasteiger partial charge on any atom is 0.271 e. The number of nitrogens with one attached hydrogen (secondary N) is 1. The Morgan fingerprint density at radius 1 is 1.27 bits per heavy atom. The Hall–Kier alpha value is -4.25. The number of anilines is 2. The molecule has 14 heteroatoms. The highest BCUT2D eigenvalue weighted by atomic mass is 35.5. The van der Waals surface area contributed by atoms with Gasteiger partial charge < -0.3 is 11.1 Å². The fourth-order valence-electron chi connectivity index (χ4n) is 4.70. The summed E-state index contributed by atoms with van der Waals surface area (Å²) in [5.74, 6) is -1.01. The number of nitro groups is 1. The molecule has 1 amide bonds. The summed E-state index contributed by atoms with van der Waals surface area (Å²) in [6, 6.07) is 14.9. The first-order chi connectivity index (χ1) is 19.3. The summed E-state index contributed by atoms with van der Waals surface area (Å²) in [6.45, 7) is 0. The molecule has 202 valence electrons. The molecular formula is C26H20ClN7O4S2. The molecule has 11 nitrogen and oxygen atoms in total. The van der Waals surface area contributed by atoms with Gasteiger partial charge in [0, 0.05) is 40.5 Å². The quantitative estimate of drug-likeness (QED) is 0.212. The van der Waals surface area contributed by atoms with Crippen LogP contribution in [0.4, 0.5) is 16.5 Å². The average Bonchev–Trinajstić information content (AvgIpc) is 3.40. The molecule has 1 aliphatic carbocycles. The maximum absolute atomic E-state index is 13.2. The van der Waals surface area contributed by atoms with Gasteiger partial charge in [0.1, 0.15) is 5.82 Å². The van der Waals surface area contributed by atoms with Crippen molar-refractivity contribution in [2.24, 2.45) is 5.73 Å². The largest absolute Gasteiger partial charge is 0.384 e. The van der Waals surface area contributed by atoms with Crippen molar-refractivity contribution in [1.29, 1.82) is 5.26 Å². The molecule has 3 N–H and O–H groups in total. The Balaban J connectivity index is 1.40. The van der Waals surface area contributed by atoms with E-state index in [4.69, 9.17) is 17.3 Å². The van der Waals surface area contributed by atoms with Crippen LogP contribution in [-0.2, 0) is 9.59 Å². The minimum Gasteiger partial charge on any atom is -0.384 e. The molecule has 1 unspecified atom stereocenters. The van der Waals surface area contributed by atoms with Gasteiger partial charge in [-0.2, -0.15) is 5.26 Å². The SMILES string of the molecule is N#CC1=C(N)N(c2nnc(SCC(=O)Nc3cccc([N+](=O)[O-])c3)s2)C2=C(C(=O)CCC2)C1c1ccccc1Cl. The predicted octanol–water partition coefficient (Wildman–Crippen LogP) is 5.14. The van der Waals surface area contributed by atoms with E-state index in [9.17, 15) is 25.0 Å². The van der Waals surface area contributed by atoms with Crippen molar-refractivity contribution >= 4 is 62.9 Å². The highest BCUT2D eigenvalue weighted by molar-refractivity contribution is 8.01. The van der Waals surface area contributed by atoms with Gasteiger partial charge in [-0.3, -0.25) is 24.6 Å². The summed E-state index contributed by atoms with van der Waals surface area (Å²) in [7, 11) is 0. The minimum absolute atomic E-state index is 0.0207. The molecule has 0 bridgehead atoms. The molecular weight excluding hydrogens is 574 g/mol. The summed E-state index contributed by atoms with van der Waals surface area (Å²) in [5, 5.41) is 33.0. The molecule has 0 spiro atoms. The van der Waals surface area contributed by atoms with Gasteiger partial charge >= 0.3 is 0 Å². The lowest BCUT2D eigenvalue weighted by Gasteiger charge is -2.38. The number of thioether (sulfide) groups is 1. The molecule has 3 aromatic rings. The number of nitriles is 1. The molecule has 0 fully saturated rings. The van der Waals surface area contributed by atoms with Gasteiger partial charge in [-0.05, 0) is 30.5 Å². The summed E-state index contributed by atoms with van der Waals surface area (Å²) < 4.78 is 0.466. The molecule has 0 saturated heterocycles. The van der Waals surface area contributed by atoms with Crippen molar-refractivity contribution in [3.05, 3.63) is 91.9 Å². The number of carbonyl (C=O) groups excluding carboxylic acids is 2. The minimum atomic E-state index is -0.683. The van der Waals surface area contributed by atoms with Crippen LogP contribution in [0.1, 0.15) is 30.7 Å². The lowest BCUT2D eigenvalue weighted by atomic mass is 9.76. The number of hydrogen-bond donors (Lipinski definition) is 2. The normalized spacial score (nSPS) is 16.9. The maximum atomic E-state index is 13.2. The molecule has 1 aromatic heterocycles. The number of nitrogens with two attached hydrogens (primary N) is 1. The fourth-order valence-corrected chi connectivity index (χ4v) is 6.62. The van der Waals surface area contributed by atoms with Crippen molar-refractivity contribution in [2.45, 2.75) is 29.5 Å². The third kappa shape index (κ3) is 5.29. The number of benzene rings is 2. The van der Waals surface area contributed by atoms with Gasteiger partial charge in [0.15, 0.2) is 10.1 Å². The molecule has 40 heavy (non-hydrogen) atoms. The number of hydrogen-bond acceptors (Lipinski definition) is 11. The van der Waals surface area contributed by atoms with E-state index in [1.165, 1.54) is 29.5 Å². The first-order valence-corrected chi connectivity index (χ1v) is 14.2. The van der Waals surface area contributed by atoms with Gasteiger partial charge in [-0.1, -0.05) is 59.0 Å². The topological polar surface area (TPSA) is 168 Å². The monoisotopic (exact) mass is 593 g/mol. The van der Waals surface area contributed by atoms with Gasteiger partial charge in [0.05, 0.1) is 28.2 Å². The van der Waals surface area contributed by atoms with E-state index >= 15 is 0 Å². The van der Waals surface area contributed by atoms with Gasteiger partial charge in [0.25, 0.3) is 5.69 Å². The number of non-ortho nitro benzene ring substituents is 1. The number of ketones is 1. The second-order valence-corrected chi connectivity index (χ2v) is 11.4. The number of aromatic nitrogens is 2. The van der Waals surface area contributed by atoms with E-state index < -0.39 is 10.8 Å². The molecule has 0 saturated carbocycles. The smallest absolute Gasteiger partial charge is 0.271 e. The van der Waals surface area contributed by atoms with Crippen LogP contribution in [-0.4, -0.2) is 32.6 Å². The van der Waals surface area contributed by atoms with Crippen LogP contribution in [0, 0.1) is 21.4 Å². The number of Topliss-reactive ketones (excluding diaryl/α,β-unsaturated/α-hetero) is 1. The molecule has 5 rings (SSSR count). The van der Waals surface area contributed by atoms with Crippen molar-refractivity contribution in [3.8, 4) is 6.07 Å². The molecule has 1 aliphatic heterocycles. The van der Waals surface area contributed by atoms with E-state index in [2.05, 4.69) is 21.6 Å². The Morgan fingerprint density at radius 2 is 2.08 bits per heavy atom. The van der Waals surface area contributed by atoms with Crippen molar-refractivity contribution < 1.29 is 14.5 Å². The van der Waals surface area contributed by atoms with Gasteiger partial charge in [-0.25, -0.2) is 0 Å². The van der Waals surface area contributed by atoms with E-state index in [0.29, 0.717) is 56.3 Å². The van der Waals surface area contributed by atoms with E-state index in [-0.39, 0.29) is 34.5 Å². The highest BCUT2D eigenvalue weighted by Gasteiger charge is 2.41. The van der Waals surface area contributed by atoms with Gasteiger partial charge in [0.2, 0.25) is 11.0 Å². The number of nitrogens with zero attached hydrogens (tertiary/aromatic N) is 5. The van der Waals surface area contributed by atoms with Crippen molar-refractivity contribution in [2.75, 3.05) is 16.0 Å². The molecule has 2 heterocycles. The second kappa shape index (κ2) is 11.5. The highest BCUT2D eigenvalue weighted by Crippen LogP contribution is 2.48. The predicted molar refractivity (Wildman–Crippen MR) is 152 cm³/mol. The average molecular weight is 594 g/mol. The van der Waals surface area contributed by atoms with Crippen LogP contribution < -0.4 is 16.0 Å². The summed E-state index contributed by atoms with van der Waals surface area (Å²) >= 11 is 8.79. The third-order valence-electron chi connectivity index (χ3n) is 6.38. The number of rotatable bonds is 7. The zero-order valence-corrected chi connectivity index (χ0v) is 23.1. The van der Waals surface area contributed by atoms with Crippen molar-refractivity contribution in [1.82, 2.24) is 10.2 Å². The van der Waals surface area contributed by atoms with Crippen LogP contribution >= 0.6 is 34.7 Å². The zero-order valence-electron chi connectivity index (χ0n) is 20.7. The lowest BCUT2D eigenvalue weighted by molar-refractivity contribution is -0.384. The number of allylic oxidation sites excluding steroid dienone is 3. The van der Waals surface area contributed by atoms with Crippen LogP contribution in [0.2, 0.25) is 5.02 Å². The third-order valence-corrected chi connectivity index (χ3v) is 8.77. The standard InChI is InChI=1S/C26H20ClN7O4S2/c27-18-8-2-1-7-16(18)22-17(12-28)24(29)33(19-9-4-10-20(35)23(19)22)25-31-32-26(40-25)39-13-21(36)30-14-5-3-6-15(11-14)34(37)38/h1-3,5-8,11,22H,4,9-10,13,29H2,(H,30,36). The summed E-state index contributed by atoms with van der Waals surface area (Å²) in [4.78, 5) is 37.7. The van der Waals surface area contributed by atoms with Crippen molar-refractivity contribution in [3.63, 3.8) is 0 Å². The number of amides is 1. The Bertz CT molecular complexity index is 1650. The zero-order chi connectivity index (χ0) is 28.4. The van der Waals surface area contributed by atoms with E-state index in [1.807, 2.05) is 0 Å². The summed E-state index contributed by atoms with van der Waals surface area (Å²) in [6.07, 6.45) is 1.52. The van der Waals surface area contributed by atoms with E-state index in [1.54, 1.807) is 35.2 Å². The Labute approximate surface area is 241 Å². The number of nitro benzene ring substituents is 1. The van der Waals surface area contributed by atoms with Crippen LogP contribution in [0.25, 0.3) is 0 Å². The first-order valence-electron chi connectivity index (χ1n) is 12.0. The molecule has 2 aromatic carbocycles. The van der Waals surface area contributed by atoms with Crippen LogP contribution in [0.15, 0.2) is 75.5 Å². The molecule has 1 atom stereocenters. The van der Waals surface area contributed by atoms with Crippen LogP contribution in [0.5, 0.6) is 0 Å². The first kappa shape index (κ1) is 27.3. The summed E-state index contributed by atoms with van der Waals surface area (Å²) in [5.41, 5.74) is 8.71. The molecule has 0 radical (unpaired) electrons. The Kier molecular flexibility index (Phi) is 7.83. The number of halogens is 1. The molecule has 2 aliphatic rings. The number of carbonyl (C=O) groups is 2. The van der Waals surface area contributed by atoms with Crippen LogP contribution in [0.3, 0.4) is 0 Å².